The quantitative estimate of drug-likeness (QED) is 0.446. The fourth-order valence-electron chi connectivity index (χ4n) is 4.14. The number of sulfonamides is 1. The Labute approximate surface area is 228 Å². The van der Waals surface area contributed by atoms with E-state index in [9.17, 15) is 27.8 Å². The van der Waals surface area contributed by atoms with Crippen LogP contribution < -0.4 is 4.31 Å². The molecular weight excluding hydrogens is 493 g/mol. The summed E-state index contributed by atoms with van der Waals surface area (Å²) in [5.41, 5.74) is 2.75. The molecule has 0 bridgehead atoms. The number of halogens is 1. The number of carboxylic acids is 1. The molecule has 2 aromatic rings. The number of nitrogens with zero attached hydrogens (tertiary/aromatic N) is 3. The van der Waals surface area contributed by atoms with Gasteiger partial charge in [0.15, 0.2) is 0 Å². The molecule has 3 rings (SSSR count). The normalized spacial score (nSPS) is 16.8. The number of aliphatic hydroxyl groups excluding tert-OH is 2. The van der Waals surface area contributed by atoms with Gasteiger partial charge in [-0.05, 0) is 36.1 Å². The molecule has 34 heavy (non-hydrogen) atoms. The van der Waals surface area contributed by atoms with E-state index in [4.69, 9.17) is 5.11 Å². The molecule has 9 nitrogen and oxygen atoms in total. The minimum absolute atomic E-state index is 0. The van der Waals surface area contributed by atoms with Gasteiger partial charge in [0.25, 0.3) is 0 Å². The average molecular weight is 522 g/mol. The molecule has 0 amide bonds. The zero-order valence-electron chi connectivity index (χ0n) is 19.6. The number of aliphatic carboxylic acids is 1. The van der Waals surface area contributed by atoms with E-state index in [2.05, 4.69) is 9.97 Å². The molecule has 3 atom stereocenters. The van der Waals surface area contributed by atoms with Gasteiger partial charge in [0.05, 0.1) is 36.3 Å². The largest absolute Gasteiger partial charge is 0.481 e. The second-order valence-corrected chi connectivity index (χ2v) is 10.7. The molecule has 1 aromatic heterocycles. The van der Waals surface area contributed by atoms with Crippen molar-refractivity contribution in [3.63, 3.8) is 0 Å². The number of anilines is 1. The molecule has 0 spiro atoms. The summed E-state index contributed by atoms with van der Waals surface area (Å²) in [5.74, 6) is -2.46. The molecule has 1 aromatic carbocycles. The van der Waals surface area contributed by atoms with Gasteiger partial charge in [-0.25, -0.2) is 27.1 Å². The van der Waals surface area contributed by atoms with Crippen LogP contribution in [0.3, 0.4) is 0 Å². The summed E-state index contributed by atoms with van der Waals surface area (Å²) in [6, 6.07) is 4.07. The van der Waals surface area contributed by atoms with Crippen LogP contribution in [0.5, 0.6) is 0 Å². The smallest absolute Gasteiger partial charge is 0.305 e. The molecule has 0 aliphatic heterocycles. The van der Waals surface area contributed by atoms with E-state index < -0.39 is 46.4 Å². The first-order valence-corrected chi connectivity index (χ1v) is 12.4. The summed E-state index contributed by atoms with van der Waals surface area (Å²) < 4.78 is 39.3. The molecule has 1 aliphatic carbocycles. The first kappa shape index (κ1) is 28.9. The number of fused-ring (bicyclic) bond motifs is 3. The summed E-state index contributed by atoms with van der Waals surface area (Å²) in [5, 5.41) is 29.8. The van der Waals surface area contributed by atoms with Gasteiger partial charge >= 0.3 is 5.97 Å². The van der Waals surface area contributed by atoms with E-state index in [1.165, 1.54) is 25.2 Å². The summed E-state index contributed by atoms with van der Waals surface area (Å²) in [4.78, 5) is 19.9. The second-order valence-electron chi connectivity index (χ2n) is 8.72. The number of carbonyl (C=O) groups is 1. The standard InChI is InChI=1S/C22H28FN3O6S.Ca/c1-11(2)20-17-10-16(18(28)8-13(27)9-19(29)30)15-7-12(23)5-6-14(15)21(17)25-22(24-20)26(3)33(4,31)32;/h5-7,11,13,16,18,27-28H,8-10H2,1-4H3,(H,29,30);/t13-,16-,18+;/m1./s1. The number of rotatable bonds is 8. The fraction of sp³-hybridized carbons (Fsp3) is 0.500. The van der Waals surface area contributed by atoms with E-state index in [-0.39, 0.29) is 62.4 Å². The van der Waals surface area contributed by atoms with Crippen molar-refractivity contribution in [2.45, 2.75) is 57.2 Å². The van der Waals surface area contributed by atoms with E-state index in [1.54, 1.807) is 0 Å². The molecular formula is C22H28CaFN3O6S. The van der Waals surface area contributed by atoms with Crippen LogP contribution in [0.25, 0.3) is 11.3 Å². The number of aliphatic hydroxyl groups is 2. The minimum Gasteiger partial charge on any atom is -0.481 e. The molecule has 0 unspecified atom stereocenters. The Morgan fingerprint density at radius 1 is 1.26 bits per heavy atom. The van der Waals surface area contributed by atoms with E-state index in [1.807, 2.05) is 13.8 Å². The molecule has 0 saturated heterocycles. The van der Waals surface area contributed by atoms with Crippen molar-refractivity contribution in [1.82, 2.24) is 9.97 Å². The van der Waals surface area contributed by atoms with Crippen molar-refractivity contribution in [2.24, 2.45) is 0 Å². The molecule has 3 N–H and O–H groups in total. The second kappa shape index (κ2) is 11.1. The van der Waals surface area contributed by atoms with Gasteiger partial charge in [0, 0.05) is 68.3 Å². The third kappa shape index (κ3) is 6.24. The Bertz CT molecular complexity index is 1180. The zero-order valence-corrected chi connectivity index (χ0v) is 22.6. The van der Waals surface area contributed by atoms with E-state index in [0.29, 0.717) is 28.1 Å². The predicted octanol–water partition coefficient (Wildman–Crippen LogP) is 1.65. The SMILES string of the molecule is CC(C)c1nc(N(C)S(C)(=O)=O)nc2c1C[C@@H]([C@@H](O)C[C@@H](O)CC(=O)O)c1cc(F)ccc1-2.[Ca]. The Morgan fingerprint density at radius 3 is 2.47 bits per heavy atom. The van der Waals surface area contributed by atoms with Crippen molar-refractivity contribution in [1.29, 1.82) is 0 Å². The van der Waals surface area contributed by atoms with E-state index in [0.717, 1.165) is 10.6 Å². The minimum atomic E-state index is -3.62. The molecule has 0 saturated carbocycles. The Hall–Kier alpha value is -1.37. The summed E-state index contributed by atoms with van der Waals surface area (Å²) in [6.07, 6.45) is -1.85. The predicted molar refractivity (Wildman–Crippen MR) is 126 cm³/mol. The monoisotopic (exact) mass is 521 g/mol. The van der Waals surface area contributed by atoms with Crippen LogP contribution in [-0.2, 0) is 21.2 Å². The Morgan fingerprint density at radius 2 is 1.91 bits per heavy atom. The molecule has 12 heteroatoms. The molecule has 0 fully saturated rings. The Balaban J connectivity index is 0.00000408. The third-order valence-corrected chi connectivity index (χ3v) is 6.99. The van der Waals surface area contributed by atoms with Gasteiger partial charge < -0.3 is 15.3 Å². The van der Waals surface area contributed by atoms with Crippen molar-refractivity contribution < 1.29 is 32.9 Å². The summed E-state index contributed by atoms with van der Waals surface area (Å²) in [7, 11) is -2.27. The van der Waals surface area contributed by atoms with Crippen LogP contribution in [-0.4, -0.2) is 103 Å². The zero-order chi connectivity index (χ0) is 24.7. The molecule has 1 aliphatic rings. The number of aromatic nitrogens is 2. The number of hydrogen-bond acceptors (Lipinski definition) is 7. The van der Waals surface area contributed by atoms with Crippen LogP contribution in [0.4, 0.5) is 10.3 Å². The van der Waals surface area contributed by atoms with Crippen LogP contribution in [0.15, 0.2) is 18.2 Å². The first-order chi connectivity index (χ1) is 15.3. The summed E-state index contributed by atoms with van der Waals surface area (Å²) in [6.45, 7) is 3.80. The van der Waals surface area contributed by atoms with Crippen LogP contribution in [0, 0.1) is 5.82 Å². The van der Waals surface area contributed by atoms with Gasteiger partial charge in [-0.15, -0.1) is 0 Å². The maximum absolute atomic E-state index is 14.2. The number of hydrogen-bond donors (Lipinski definition) is 3. The van der Waals surface area contributed by atoms with E-state index >= 15 is 0 Å². The molecule has 182 valence electrons. The molecule has 2 radical (unpaired) electrons. The maximum Gasteiger partial charge on any atom is 0.305 e. The van der Waals surface area contributed by atoms with Crippen LogP contribution in [0.1, 0.15) is 55.3 Å². The van der Waals surface area contributed by atoms with Gasteiger partial charge in [-0.3, -0.25) is 4.79 Å². The first-order valence-electron chi connectivity index (χ1n) is 10.5. The third-order valence-electron chi connectivity index (χ3n) is 5.83. The van der Waals surface area contributed by atoms with Crippen molar-refractivity contribution in [3.8, 4) is 11.3 Å². The molecule has 1 heterocycles. The van der Waals surface area contributed by atoms with Gasteiger partial charge in [-0.2, -0.15) is 0 Å². The van der Waals surface area contributed by atoms with Crippen molar-refractivity contribution in [2.75, 3.05) is 17.6 Å². The number of benzene rings is 1. The van der Waals surface area contributed by atoms with Crippen molar-refractivity contribution >= 4 is 59.7 Å². The van der Waals surface area contributed by atoms with Gasteiger partial charge in [0.2, 0.25) is 16.0 Å². The Kier molecular flexibility index (Phi) is 9.45. The van der Waals surface area contributed by atoms with Crippen molar-refractivity contribution in [3.05, 3.63) is 40.8 Å². The van der Waals surface area contributed by atoms with Gasteiger partial charge in [0.1, 0.15) is 5.82 Å². The average Bonchev–Trinajstić information content (AvgIpc) is 2.69. The fourth-order valence-corrected chi connectivity index (χ4v) is 4.52. The maximum atomic E-state index is 14.2. The van der Waals surface area contributed by atoms with Gasteiger partial charge in [-0.1, -0.05) is 13.8 Å². The van der Waals surface area contributed by atoms with Crippen LogP contribution in [0.2, 0.25) is 0 Å². The number of carboxylic acid groups (broad SMARTS) is 1. The van der Waals surface area contributed by atoms with Crippen LogP contribution >= 0.6 is 0 Å². The topological polar surface area (TPSA) is 141 Å². The summed E-state index contributed by atoms with van der Waals surface area (Å²) >= 11 is 0.